The SMILES string of the molecule is CN(C)CCOc1ccc(Cl)cc1C(=O)N[C@H]1CCC[C@@H](n2c(-c3ccccc3F)nc3cnc(-c4ncn[nH]4)cc32)C1. The van der Waals surface area contributed by atoms with Crippen LogP contribution in [0.15, 0.2) is 61.1 Å². The molecule has 0 unspecified atom stereocenters. The zero-order chi connectivity index (χ0) is 29.9. The van der Waals surface area contributed by atoms with E-state index >= 15 is 4.39 Å². The summed E-state index contributed by atoms with van der Waals surface area (Å²) in [7, 11) is 3.93. The van der Waals surface area contributed by atoms with Crippen LogP contribution in [0.3, 0.4) is 0 Å². The standard InChI is InChI=1S/C31H32ClFN8O2/c1-40(2)12-13-43-28-11-10-19(32)14-23(28)31(42)37-20-6-5-7-21(15-20)41-27-16-25(29-35-18-36-39-29)34-17-26(27)38-30(41)22-8-3-4-9-24(22)33/h3-4,8-11,14,16-18,20-21H,5-7,12-13,15H2,1-2H3,(H,37,42)(H,35,36,39)/t20-,21+/m0/s1. The van der Waals surface area contributed by atoms with Gasteiger partial charge >= 0.3 is 0 Å². The van der Waals surface area contributed by atoms with E-state index in [0.717, 1.165) is 24.8 Å². The van der Waals surface area contributed by atoms with Gasteiger partial charge in [0.25, 0.3) is 5.91 Å². The normalized spacial score (nSPS) is 17.0. The van der Waals surface area contributed by atoms with E-state index in [1.807, 2.05) is 25.1 Å². The number of H-pyrrole nitrogens is 1. The summed E-state index contributed by atoms with van der Waals surface area (Å²) in [6.45, 7) is 1.16. The highest BCUT2D eigenvalue weighted by Crippen LogP contribution is 2.37. The van der Waals surface area contributed by atoms with Crippen LogP contribution in [0.5, 0.6) is 5.75 Å². The monoisotopic (exact) mass is 602 g/mol. The number of fused-ring (bicyclic) bond motifs is 1. The van der Waals surface area contributed by atoms with E-state index in [-0.39, 0.29) is 23.8 Å². The van der Waals surface area contributed by atoms with Gasteiger partial charge in [0.2, 0.25) is 0 Å². The first-order chi connectivity index (χ1) is 20.9. The number of hydrogen-bond acceptors (Lipinski definition) is 7. The highest BCUT2D eigenvalue weighted by Gasteiger charge is 2.30. The fourth-order valence-corrected chi connectivity index (χ4v) is 5.77. The molecule has 2 aromatic carbocycles. The van der Waals surface area contributed by atoms with Crippen molar-refractivity contribution in [1.29, 1.82) is 0 Å². The fraction of sp³-hybridized carbons (Fsp3) is 0.323. The number of pyridine rings is 1. The molecule has 0 aliphatic heterocycles. The highest BCUT2D eigenvalue weighted by atomic mass is 35.5. The van der Waals surface area contributed by atoms with Crippen molar-refractivity contribution in [1.82, 2.24) is 39.9 Å². The number of ether oxygens (including phenoxy) is 1. The van der Waals surface area contributed by atoms with Crippen LogP contribution < -0.4 is 10.1 Å². The van der Waals surface area contributed by atoms with E-state index in [1.165, 1.54) is 12.4 Å². The van der Waals surface area contributed by atoms with E-state index in [0.29, 0.717) is 64.3 Å². The van der Waals surface area contributed by atoms with Crippen molar-refractivity contribution in [3.63, 3.8) is 0 Å². The summed E-state index contributed by atoms with van der Waals surface area (Å²) in [4.78, 5) is 29.1. The quantitative estimate of drug-likeness (QED) is 0.228. The molecule has 1 saturated carbocycles. The minimum absolute atomic E-state index is 0.0567. The molecule has 1 aliphatic carbocycles. The topological polar surface area (TPSA) is 114 Å². The predicted molar refractivity (Wildman–Crippen MR) is 163 cm³/mol. The van der Waals surface area contributed by atoms with Gasteiger partial charge in [0.15, 0.2) is 5.82 Å². The first-order valence-electron chi connectivity index (χ1n) is 14.2. The molecule has 3 heterocycles. The summed E-state index contributed by atoms with van der Waals surface area (Å²) >= 11 is 6.27. The minimum Gasteiger partial charge on any atom is -0.491 e. The Balaban J connectivity index is 1.31. The Labute approximate surface area is 253 Å². The summed E-state index contributed by atoms with van der Waals surface area (Å²) in [5.41, 5.74) is 2.87. The van der Waals surface area contributed by atoms with Crippen molar-refractivity contribution in [2.24, 2.45) is 0 Å². The second-order valence-corrected chi connectivity index (χ2v) is 11.4. The molecule has 2 atom stereocenters. The number of aromatic nitrogens is 6. The lowest BCUT2D eigenvalue weighted by atomic mass is 9.90. The summed E-state index contributed by atoms with van der Waals surface area (Å²) in [6.07, 6.45) is 6.26. The summed E-state index contributed by atoms with van der Waals surface area (Å²) in [6, 6.07) is 13.4. The molecule has 2 N–H and O–H groups in total. The number of rotatable bonds is 9. The first kappa shape index (κ1) is 28.8. The molecule has 222 valence electrons. The van der Waals surface area contributed by atoms with Gasteiger partial charge in [0.1, 0.15) is 41.5 Å². The summed E-state index contributed by atoms with van der Waals surface area (Å²) < 4.78 is 23.1. The van der Waals surface area contributed by atoms with Crippen LogP contribution in [0.1, 0.15) is 42.1 Å². The Hall–Kier alpha value is -4.35. The minimum atomic E-state index is -0.356. The van der Waals surface area contributed by atoms with E-state index < -0.39 is 0 Å². The maximum absolute atomic E-state index is 15.1. The molecular formula is C31H32ClFN8O2. The number of hydrogen-bond donors (Lipinski definition) is 2. The van der Waals surface area contributed by atoms with Gasteiger partial charge in [0, 0.05) is 23.7 Å². The predicted octanol–water partition coefficient (Wildman–Crippen LogP) is 5.53. The highest BCUT2D eigenvalue weighted by molar-refractivity contribution is 6.31. The molecule has 5 aromatic rings. The van der Waals surface area contributed by atoms with Gasteiger partial charge in [-0.15, -0.1) is 0 Å². The average Bonchev–Trinajstić information content (AvgIpc) is 3.66. The van der Waals surface area contributed by atoms with E-state index in [9.17, 15) is 4.79 Å². The second kappa shape index (κ2) is 12.5. The molecule has 1 fully saturated rings. The van der Waals surface area contributed by atoms with Gasteiger partial charge in [-0.1, -0.05) is 23.7 Å². The van der Waals surface area contributed by atoms with Crippen LogP contribution in [-0.2, 0) is 0 Å². The van der Waals surface area contributed by atoms with Crippen LogP contribution in [0.2, 0.25) is 5.02 Å². The smallest absolute Gasteiger partial charge is 0.255 e. The van der Waals surface area contributed by atoms with Crippen molar-refractivity contribution in [2.75, 3.05) is 27.2 Å². The van der Waals surface area contributed by atoms with Crippen LogP contribution in [0.25, 0.3) is 33.9 Å². The molecule has 1 aliphatic rings. The first-order valence-corrected chi connectivity index (χ1v) is 14.6. The van der Waals surface area contributed by atoms with Gasteiger partial charge in [-0.25, -0.2) is 14.4 Å². The lowest BCUT2D eigenvalue weighted by Crippen LogP contribution is -2.39. The third-order valence-corrected chi connectivity index (χ3v) is 7.91. The molecule has 43 heavy (non-hydrogen) atoms. The van der Waals surface area contributed by atoms with Crippen molar-refractivity contribution in [3.05, 3.63) is 77.5 Å². The lowest BCUT2D eigenvalue weighted by Gasteiger charge is -2.32. The maximum Gasteiger partial charge on any atom is 0.255 e. The van der Waals surface area contributed by atoms with Crippen LogP contribution in [0.4, 0.5) is 4.39 Å². The van der Waals surface area contributed by atoms with Crippen LogP contribution in [-0.4, -0.2) is 73.8 Å². The van der Waals surface area contributed by atoms with E-state index in [2.05, 4.69) is 30.0 Å². The molecular weight excluding hydrogens is 571 g/mol. The Morgan fingerprint density at radius 2 is 2.05 bits per heavy atom. The van der Waals surface area contributed by atoms with E-state index in [4.69, 9.17) is 21.3 Å². The zero-order valence-corrected chi connectivity index (χ0v) is 24.7. The zero-order valence-electron chi connectivity index (χ0n) is 23.9. The molecule has 10 nitrogen and oxygen atoms in total. The average molecular weight is 603 g/mol. The molecule has 6 rings (SSSR count). The van der Waals surface area contributed by atoms with Crippen molar-refractivity contribution >= 4 is 28.5 Å². The van der Waals surface area contributed by atoms with Gasteiger partial charge in [0.05, 0.1) is 22.8 Å². The number of nitrogens with zero attached hydrogens (tertiary/aromatic N) is 6. The number of amides is 1. The van der Waals surface area contributed by atoms with Crippen LogP contribution >= 0.6 is 11.6 Å². The van der Waals surface area contributed by atoms with Crippen molar-refractivity contribution in [2.45, 2.75) is 37.8 Å². The molecule has 12 heteroatoms. The number of likely N-dealkylation sites (N-methyl/N-ethyl adjacent to an activating group) is 1. The summed E-state index contributed by atoms with van der Waals surface area (Å²) in [5.74, 6) is 0.945. The Kier molecular flexibility index (Phi) is 8.35. The molecule has 1 amide bonds. The van der Waals surface area contributed by atoms with Gasteiger partial charge in [-0.2, -0.15) is 5.10 Å². The van der Waals surface area contributed by atoms with Gasteiger partial charge in [-0.05, 0) is 76.2 Å². The maximum atomic E-state index is 15.1. The van der Waals surface area contributed by atoms with Crippen molar-refractivity contribution in [3.8, 4) is 28.7 Å². The molecule has 3 aromatic heterocycles. The molecule has 0 bridgehead atoms. The summed E-state index contributed by atoms with van der Waals surface area (Å²) in [5, 5.41) is 10.5. The number of nitrogens with one attached hydrogen (secondary N) is 2. The lowest BCUT2D eigenvalue weighted by molar-refractivity contribution is 0.0916. The number of aromatic amines is 1. The largest absolute Gasteiger partial charge is 0.491 e. The van der Waals surface area contributed by atoms with Gasteiger partial charge < -0.3 is 19.5 Å². The number of imidazole rings is 1. The molecule has 0 spiro atoms. The van der Waals surface area contributed by atoms with Crippen LogP contribution in [0, 0.1) is 5.82 Å². The third kappa shape index (κ3) is 6.23. The Morgan fingerprint density at radius 3 is 2.84 bits per heavy atom. The molecule has 0 radical (unpaired) electrons. The number of carbonyl (C=O) groups excluding carboxylic acids is 1. The number of benzene rings is 2. The number of carbonyl (C=O) groups is 1. The molecule has 0 saturated heterocycles. The Bertz CT molecular complexity index is 1740. The number of halogens is 2. The van der Waals surface area contributed by atoms with Crippen molar-refractivity contribution < 1.29 is 13.9 Å². The Morgan fingerprint density at radius 1 is 1.19 bits per heavy atom. The second-order valence-electron chi connectivity index (χ2n) is 11.0. The van der Waals surface area contributed by atoms with Gasteiger partial charge in [-0.3, -0.25) is 14.9 Å². The third-order valence-electron chi connectivity index (χ3n) is 7.68. The fourth-order valence-electron chi connectivity index (χ4n) is 5.60. The van der Waals surface area contributed by atoms with E-state index in [1.54, 1.807) is 42.6 Å².